The molecule has 236 valence electrons. The quantitative estimate of drug-likeness (QED) is 0.215. The van der Waals surface area contributed by atoms with Gasteiger partial charge in [0.15, 0.2) is 5.78 Å². The summed E-state index contributed by atoms with van der Waals surface area (Å²) in [7, 11) is 1.29. The van der Waals surface area contributed by atoms with Gasteiger partial charge in [0.1, 0.15) is 24.5 Å². The number of ether oxygens (including phenoxy) is 3. The number of rotatable bonds is 13. The summed E-state index contributed by atoms with van der Waals surface area (Å²) in [5, 5.41) is 15.3. The molecular weight excluding hydrogens is 580 g/mol. The van der Waals surface area contributed by atoms with Crippen molar-refractivity contribution >= 4 is 11.9 Å². The number of hydrogen-bond donors (Lipinski definition) is 2. The Kier molecular flexibility index (Phi) is 11.5. The molecule has 2 N–H and O–H groups in total. The van der Waals surface area contributed by atoms with Crippen molar-refractivity contribution in [1.29, 1.82) is 5.26 Å². The van der Waals surface area contributed by atoms with Crippen LogP contribution in [0.4, 0.5) is 4.79 Å². The van der Waals surface area contributed by atoms with Crippen molar-refractivity contribution in [1.82, 2.24) is 15.6 Å². The van der Waals surface area contributed by atoms with Gasteiger partial charge in [-0.1, -0.05) is 60.7 Å². The van der Waals surface area contributed by atoms with Gasteiger partial charge in [0, 0.05) is 37.8 Å². The molecule has 1 fully saturated rings. The van der Waals surface area contributed by atoms with Gasteiger partial charge < -0.3 is 24.8 Å². The zero-order valence-electron chi connectivity index (χ0n) is 25.8. The highest BCUT2D eigenvalue weighted by atomic mass is 16.5. The smallest absolute Gasteiger partial charge is 0.407 e. The lowest BCUT2D eigenvalue weighted by atomic mass is 9.81. The van der Waals surface area contributed by atoms with Crippen LogP contribution in [0.5, 0.6) is 5.75 Å². The van der Waals surface area contributed by atoms with Gasteiger partial charge in [-0.2, -0.15) is 5.26 Å². The zero-order chi connectivity index (χ0) is 32.1. The average molecular weight is 619 g/mol. The van der Waals surface area contributed by atoms with Crippen LogP contribution in [0.3, 0.4) is 0 Å². The Morgan fingerprint density at radius 3 is 2.28 bits per heavy atom. The van der Waals surface area contributed by atoms with Crippen LogP contribution in [0.15, 0.2) is 103 Å². The Labute approximate surface area is 269 Å². The largest absolute Gasteiger partial charge is 0.491 e. The maximum Gasteiger partial charge on any atom is 0.407 e. The number of morpholine rings is 1. The van der Waals surface area contributed by atoms with Crippen molar-refractivity contribution in [2.75, 3.05) is 26.8 Å². The van der Waals surface area contributed by atoms with E-state index in [-0.39, 0.29) is 24.4 Å². The highest BCUT2D eigenvalue weighted by Gasteiger charge is 2.33. The van der Waals surface area contributed by atoms with Crippen LogP contribution in [-0.4, -0.2) is 61.9 Å². The molecule has 46 heavy (non-hydrogen) atoms. The maximum atomic E-state index is 14.1. The molecular formula is C37H38N4O5. The third kappa shape index (κ3) is 8.78. The van der Waals surface area contributed by atoms with Crippen molar-refractivity contribution in [3.05, 3.63) is 131 Å². The standard InChI is InChI=1S/C37H38N4O5/c1-44-37(43)41-36(35(28-8-4-2-5-9-28)29-10-6-3-7-11-29)34(42)20-30-22-39-19-18-27(30)14-17-32-23-40-24-33(46-32)25-45-31-15-12-26(21-38)13-16-31/h2-13,15-16,18-19,22,32-33,35-36,40H,14,17,20,23-25H2,1H3,(H,41,43)/t32-,33+,36-/m1/s1. The van der Waals surface area contributed by atoms with Crippen LogP contribution in [0.1, 0.15) is 40.2 Å². The van der Waals surface area contributed by atoms with Crippen LogP contribution in [-0.2, 0) is 27.1 Å². The molecule has 3 aromatic carbocycles. The zero-order valence-corrected chi connectivity index (χ0v) is 25.8. The van der Waals surface area contributed by atoms with Crippen molar-refractivity contribution in [2.24, 2.45) is 0 Å². The Morgan fingerprint density at radius 1 is 0.957 bits per heavy atom. The number of hydrogen-bond acceptors (Lipinski definition) is 8. The van der Waals surface area contributed by atoms with E-state index in [4.69, 9.17) is 19.5 Å². The van der Waals surface area contributed by atoms with Gasteiger partial charge >= 0.3 is 6.09 Å². The molecule has 9 heteroatoms. The Morgan fingerprint density at radius 2 is 1.63 bits per heavy atom. The lowest BCUT2D eigenvalue weighted by Gasteiger charge is -2.31. The number of aryl methyl sites for hydroxylation is 1. The number of Topliss-reactive ketones (excluding diaryl/α,β-unsaturated/α-hetero) is 1. The number of nitrogens with zero attached hydrogens (tertiary/aromatic N) is 2. The number of amides is 1. The summed E-state index contributed by atoms with van der Waals surface area (Å²) in [6, 6.07) is 29.6. The highest BCUT2D eigenvalue weighted by Crippen LogP contribution is 2.30. The van der Waals surface area contributed by atoms with E-state index >= 15 is 0 Å². The van der Waals surface area contributed by atoms with Gasteiger partial charge in [0.2, 0.25) is 0 Å². The van der Waals surface area contributed by atoms with Gasteiger partial charge in [-0.05, 0) is 65.4 Å². The first-order chi connectivity index (χ1) is 22.5. The summed E-state index contributed by atoms with van der Waals surface area (Å²) in [6.07, 6.45) is 4.18. The number of methoxy groups -OCH3 is 1. The second kappa shape index (κ2) is 16.3. The molecule has 1 amide bonds. The minimum atomic E-state index is -0.868. The number of alkyl carbamates (subject to hydrolysis) is 1. The number of carbonyl (C=O) groups is 2. The molecule has 0 radical (unpaired) electrons. The van der Waals surface area contributed by atoms with Crippen molar-refractivity contribution < 1.29 is 23.8 Å². The molecule has 0 bridgehead atoms. The number of nitriles is 1. The number of nitrogens with one attached hydrogen (secondary N) is 2. The van der Waals surface area contributed by atoms with E-state index < -0.39 is 18.1 Å². The summed E-state index contributed by atoms with van der Waals surface area (Å²) in [6.45, 7) is 1.79. The summed E-state index contributed by atoms with van der Waals surface area (Å²) < 4.78 is 17.2. The number of ketones is 1. The number of pyridine rings is 1. The molecule has 1 aliphatic heterocycles. The summed E-state index contributed by atoms with van der Waals surface area (Å²) >= 11 is 0. The molecule has 5 rings (SSSR count). The fourth-order valence-electron chi connectivity index (χ4n) is 5.76. The van der Waals surface area contributed by atoms with Crippen LogP contribution < -0.4 is 15.4 Å². The minimum Gasteiger partial charge on any atom is -0.491 e. The van der Waals surface area contributed by atoms with E-state index in [0.29, 0.717) is 37.4 Å². The van der Waals surface area contributed by atoms with Gasteiger partial charge in [-0.25, -0.2) is 4.79 Å². The van der Waals surface area contributed by atoms with Crippen molar-refractivity contribution in [3.8, 4) is 11.8 Å². The molecule has 1 aliphatic rings. The van der Waals surface area contributed by atoms with E-state index in [9.17, 15) is 9.59 Å². The van der Waals surface area contributed by atoms with E-state index in [1.165, 1.54) is 7.11 Å². The molecule has 1 saturated heterocycles. The van der Waals surface area contributed by atoms with E-state index in [2.05, 4.69) is 21.7 Å². The molecule has 0 unspecified atom stereocenters. The molecule has 3 atom stereocenters. The van der Waals surface area contributed by atoms with E-state index in [1.54, 1.807) is 36.7 Å². The van der Waals surface area contributed by atoms with Gasteiger partial charge in [0.05, 0.1) is 24.8 Å². The van der Waals surface area contributed by atoms with Gasteiger partial charge in [-0.15, -0.1) is 0 Å². The van der Waals surface area contributed by atoms with Crippen LogP contribution >= 0.6 is 0 Å². The monoisotopic (exact) mass is 618 g/mol. The van der Waals surface area contributed by atoms with Crippen molar-refractivity contribution in [2.45, 2.75) is 43.4 Å². The van der Waals surface area contributed by atoms with E-state index in [1.807, 2.05) is 66.7 Å². The Hall–Kier alpha value is -5.04. The lowest BCUT2D eigenvalue weighted by Crippen LogP contribution is -2.47. The normalized spacial score (nSPS) is 16.6. The summed E-state index contributed by atoms with van der Waals surface area (Å²) in [5.41, 5.74) is 4.23. The average Bonchev–Trinajstić information content (AvgIpc) is 3.11. The molecule has 0 spiro atoms. The predicted octanol–water partition coefficient (Wildman–Crippen LogP) is 4.99. The Balaban J connectivity index is 1.26. The van der Waals surface area contributed by atoms with Crippen LogP contribution in [0.25, 0.3) is 0 Å². The second-order valence-corrected chi connectivity index (χ2v) is 11.2. The first-order valence-corrected chi connectivity index (χ1v) is 15.4. The molecule has 1 aromatic heterocycles. The predicted molar refractivity (Wildman–Crippen MR) is 174 cm³/mol. The van der Waals surface area contributed by atoms with E-state index in [0.717, 1.165) is 28.7 Å². The lowest BCUT2D eigenvalue weighted by molar-refractivity contribution is -0.120. The number of aromatic nitrogens is 1. The second-order valence-electron chi connectivity index (χ2n) is 11.2. The summed E-state index contributed by atoms with van der Waals surface area (Å²) in [4.78, 5) is 31.0. The molecule has 9 nitrogen and oxygen atoms in total. The fraction of sp³-hybridized carbons (Fsp3) is 0.297. The van der Waals surface area contributed by atoms with Crippen LogP contribution in [0, 0.1) is 11.3 Å². The first kappa shape index (κ1) is 32.4. The first-order valence-electron chi connectivity index (χ1n) is 15.4. The van der Waals surface area contributed by atoms with Crippen LogP contribution in [0.2, 0.25) is 0 Å². The topological polar surface area (TPSA) is 123 Å². The molecule has 0 aliphatic carbocycles. The molecule has 4 aromatic rings. The third-order valence-corrected chi connectivity index (χ3v) is 8.11. The maximum absolute atomic E-state index is 14.1. The SMILES string of the molecule is COC(=O)N[C@H](C(=O)Cc1cnccc1CC[C@@H]1CNC[C@@H](COc2ccc(C#N)cc2)O1)C(c1ccccc1)c1ccccc1. The van der Waals surface area contributed by atoms with Crippen molar-refractivity contribution in [3.63, 3.8) is 0 Å². The highest BCUT2D eigenvalue weighted by molar-refractivity contribution is 5.90. The molecule has 2 heterocycles. The van der Waals surface area contributed by atoms with Gasteiger partial charge in [-0.3, -0.25) is 9.78 Å². The number of carbonyl (C=O) groups excluding carboxylic acids is 2. The third-order valence-electron chi connectivity index (χ3n) is 8.11. The molecule has 0 saturated carbocycles. The van der Waals surface area contributed by atoms with Gasteiger partial charge in [0.25, 0.3) is 0 Å². The summed E-state index contributed by atoms with van der Waals surface area (Å²) in [5.74, 6) is 0.129. The Bertz CT molecular complexity index is 1570. The number of benzene rings is 3. The minimum absolute atomic E-state index is 0.0330. The fourth-order valence-corrected chi connectivity index (χ4v) is 5.76.